The molecule has 0 aliphatic carbocycles. The van der Waals surface area contributed by atoms with Gasteiger partial charge in [-0.25, -0.2) is 9.13 Å². The van der Waals surface area contributed by atoms with E-state index in [-0.39, 0.29) is 25.7 Å². The average Bonchev–Trinajstić information content (AvgIpc) is 1.26. The molecular formula is C78H152O17P2. The number of phosphoric acid groups is 2. The van der Waals surface area contributed by atoms with Crippen LogP contribution in [-0.2, 0) is 65.4 Å². The van der Waals surface area contributed by atoms with Crippen molar-refractivity contribution >= 4 is 39.5 Å². The van der Waals surface area contributed by atoms with Crippen LogP contribution < -0.4 is 0 Å². The van der Waals surface area contributed by atoms with Crippen LogP contribution in [0.1, 0.15) is 408 Å². The molecule has 0 spiro atoms. The maximum absolute atomic E-state index is 13.1. The van der Waals surface area contributed by atoms with Crippen molar-refractivity contribution in [2.75, 3.05) is 39.6 Å². The molecule has 0 aliphatic heterocycles. The van der Waals surface area contributed by atoms with Crippen LogP contribution in [0.5, 0.6) is 0 Å². The summed E-state index contributed by atoms with van der Waals surface area (Å²) in [6.45, 7) is 9.57. The predicted octanol–water partition coefficient (Wildman–Crippen LogP) is 23.1. The molecule has 2 unspecified atom stereocenters. The molecule has 3 N–H and O–H groups in total. The molecule has 0 rings (SSSR count). The normalized spacial score (nSPS) is 14.0. The van der Waals surface area contributed by atoms with Gasteiger partial charge in [0, 0.05) is 25.7 Å². The van der Waals surface area contributed by atoms with Crippen molar-refractivity contribution in [3.63, 3.8) is 0 Å². The van der Waals surface area contributed by atoms with Crippen LogP contribution >= 0.6 is 15.6 Å². The zero-order valence-corrected chi connectivity index (χ0v) is 65.2. The Labute approximate surface area is 594 Å². The fourth-order valence-corrected chi connectivity index (χ4v) is 13.6. The quantitative estimate of drug-likeness (QED) is 0.0222. The number of hydrogen-bond acceptors (Lipinski definition) is 15. The third kappa shape index (κ3) is 72.2. The van der Waals surface area contributed by atoms with Crippen LogP contribution in [0.2, 0.25) is 0 Å². The van der Waals surface area contributed by atoms with Gasteiger partial charge in [0.25, 0.3) is 0 Å². The van der Waals surface area contributed by atoms with Gasteiger partial charge < -0.3 is 33.8 Å². The van der Waals surface area contributed by atoms with Crippen LogP contribution in [0.15, 0.2) is 0 Å². The second-order valence-corrected chi connectivity index (χ2v) is 32.0. The lowest BCUT2D eigenvalue weighted by Gasteiger charge is -2.21. The molecule has 0 fully saturated rings. The number of ether oxygens (including phenoxy) is 4. The van der Waals surface area contributed by atoms with Crippen molar-refractivity contribution in [1.29, 1.82) is 0 Å². The van der Waals surface area contributed by atoms with Gasteiger partial charge in [-0.1, -0.05) is 356 Å². The van der Waals surface area contributed by atoms with Gasteiger partial charge in [-0.05, 0) is 37.5 Å². The molecule has 0 heterocycles. The van der Waals surface area contributed by atoms with Crippen LogP contribution in [-0.4, -0.2) is 96.7 Å². The SMILES string of the molecule is CCCCCCCCCCCCCCCCCCCCC(=O)OC[C@H](COP(=O)(O)OC[C@@H](O)COP(=O)(O)OC[C@@H](COC(=O)CCCCCCC)OC(=O)CCCCCCCCCCCCCCCC(C)C)OC(=O)CCCCCCCCCCCCCCCCCC(C)C. The summed E-state index contributed by atoms with van der Waals surface area (Å²) in [5.41, 5.74) is 0. The Bertz CT molecular complexity index is 1870. The van der Waals surface area contributed by atoms with Crippen LogP contribution in [0.25, 0.3) is 0 Å². The van der Waals surface area contributed by atoms with Gasteiger partial charge in [0.2, 0.25) is 0 Å². The average molecular weight is 1420 g/mol. The van der Waals surface area contributed by atoms with E-state index >= 15 is 0 Å². The number of aliphatic hydroxyl groups excluding tert-OH is 1. The molecular weight excluding hydrogens is 1270 g/mol. The number of carbonyl (C=O) groups is 4. The summed E-state index contributed by atoms with van der Waals surface area (Å²) < 4.78 is 68.4. The lowest BCUT2D eigenvalue weighted by atomic mass is 10.0. The minimum absolute atomic E-state index is 0.106. The molecule has 0 aromatic heterocycles. The van der Waals surface area contributed by atoms with Gasteiger partial charge in [0.1, 0.15) is 19.3 Å². The van der Waals surface area contributed by atoms with Gasteiger partial charge >= 0.3 is 39.5 Å². The van der Waals surface area contributed by atoms with Crippen molar-refractivity contribution in [2.45, 2.75) is 426 Å². The Morgan fingerprint density at radius 2 is 0.474 bits per heavy atom. The van der Waals surface area contributed by atoms with Crippen LogP contribution in [0.4, 0.5) is 0 Å². The van der Waals surface area contributed by atoms with Crippen molar-refractivity contribution < 1.29 is 80.2 Å². The zero-order valence-electron chi connectivity index (χ0n) is 63.4. The summed E-state index contributed by atoms with van der Waals surface area (Å²) >= 11 is 0. The van der Waals surface area contributed by atoms with Crippen molar-refractivity contribution in [2.24, 2.45) is 11.8 Å². The molecule has 17 nitrogen and oxygen atoms in total. The number of carbonyl (C=O) groups excluding carboxylic acids is 4. The number of rotatable bonds is 77. The third-order valence-corrected chi connectivity index (χ3v) is 20.1. The van der Waals surface area contributed by atoms with Gasteiger partial charge in [0.15, 0.2) is 12.2 Å². The summed E-state index contributed by atoms with van der Waals surface area (Å²) in [5.74, 6) is -0.534. The van der Waals surface area contributed by atoms with Crippen molar-refractivity contribution in [1.82, 2.24) is 0 Å². The number of hydrogen-bond donors (Lipinski definition) is 3. The molecule has 576 valence electrons. The van der Waals surface area contributed by atoms with E-state index in [0.717, 1.165) is 108 Å². The second kappa shape index (κ2) is 69.8. The molecule has 0 saturated carbocycles. The first-order valence-corrected chi connectivity index (χ1v) is 43.5. The fourth-order valence-electron chi connectivity index (χ4n) is 12.0. The second-order valence-electron chi connectivity index (χ2n) is 29.1. The molecule has 97 heavy (non-hydrogen) atoms. The van der Waals surface area contributed by atoms with E-state index in [1.807, 2.05) is 0 Å². The molecule has 0 aromatic carbocycles. The first-order chi connectivity index (χ1) is 46.9. The third-order valence-electron chi connectivity index (χ3n) is 18.2. The summed E-state index contributed by atoms with van der Waals surface area (Å²) in [7, 11) is -9.90. The summed E-state index contributed by atoms with van der Waals surface area (Å²) in [5, 5.41) is 10.6. The zero-order chi connectivity index (χ0) is 71.4. The van der Waals surface area contributed by atoms with E-state index in [1.54, 1.807) is 0 Å². The van der Waals surface area contributed by atoms with E-state index in [4.69, 9.17) is 37.0 Å². The van der Waals surface area contributed by atoms with E-state index in [0.29, 0.717) is 25.7 Å². The first kappa shape index (κ1) is 95.1. The minimum Gasteiger partial charge on any atom is -0.462 e. The molecule has 0 aromatic rings. The molecule has 0 aliphatic rings. The largest absolute Gasteiger partial charge is 0.472 e. The topological polar surface area (TPSA) is 237 Å². The first-order valence-electron chi connectivity index (χ1n) is 40.5. The molecule has 0 saturated heterocycles. The van der Waals surface area contributed by atoms with Crippen LogP contribution in [0, 0.1) is 11.8 Å². The predicted molar refractivity (Wildman–Crippen MR) is 395 cm³/mol. The lowest BCUT2D eigenvalue weighted by molar-refractivity contribution is -0.161. The Hall–Kier alpha value is -1.94. The molecule has 5 atom stereocenters. The standard InChI is InChI=1S/C78H152O17P2/c1-7-9-11-13-14-15-16-17-18-19-20-23-28-33-38-43-49-55-61-76(81)89-67-74(95-78(83)63-56-50-44-39-34-29-24-21-22-26-31-36-41-47-52-58-70(3)4)69-93-97(86,87)91-65-72(79)64-90-96(84,85)92-68-73(66-88-75(80)60-54-46-12-10-8-2)94-77(82)62-57-51-45-40-35-30-25-27-32-37-42-48-53-59-71(5)6/h70-74,79H,7-69H2,1-6H3,(H,84,85)(H,86,87)/t72-,73+,74+/m0/s1. The van der Waals surface area contributed by atoms with E-state index in [2.05, 4.69) is 41.5 Å². The van der Waals surface area contributed by atoms with Crippen molar-refractivity contribution in [3.8, 4) is 0 Å². The molecule has 0 radical (unpaired) electrons. The smallest absolute Gasteiger partial charge is 0.462 e. The lowest BCUT2D eigenvalue weighted by Crippen LogP contribution is -2.30. The highest BCUT2D eigenvalue weighted by Gasteiger charge is 2.30. The van der Waals surface area contributed by atoms with E-state index < -0.39 is 97.5 Å². The van der Waals surface area contributed by atoms with Gasteiger partial charge in [-0.15, -0.1) is 0 Å². The Kier molecular flexibility index (Phi) is 68.4. The highest BCUT2D eigenvalue weighted by Crippen LogP contribution is 2.45. The summed E-state index contributed by atoms with van der Waals surface area (Å²) in [4.78, 5) is 72.6. The Balaban J connectivity index is 5.13. The number of phosphoric ester groups is 2. The summed E-state index contributed by atoms with van der Waals surface area (Å²) in [6.07, 6.45) is 58.7. The Morgan fingerprint density at radius 3 is 0.701 bits per heavy atom. The van der Waals surface area contributed by atoms with Crippen LogP contribution in [0.3, 0.4) is 0 Å². The number of esters is 4. The Morgan fingerprint density at radius 1 is 0.278 bits per heavy atom. The van der Waals surface area contributed by atoms with Gasteiger partial charge in [-0.2, -0.15) is 0 Å². The van der Waals surface area contributed by atoms with E-state index in [9.17, 15) is 43.2 Å². The fraction of sp³-hybridized carbons (Fsp3) is 0.949. The highest BCUT2D eigenvalue weighted by atomic mass is 31.2. The monoisotopic (exact) mass is 1420 g/mol. The summed E-state index contributed by atoms with van der Waals surface area (Å²) in [6, 6.07) is 0. The molecule has 19 heteroatoms. The number of unbranched alkanes of at least 4 members (excludes halogenated alkanes) is 47. The van der Waals surface area contributed by atoms with Crippen molar-refractivity contribution in [3.05, 3.63) is 0 Å². The maximum Gasteiger partial charge on any atom is 0.472 e. The highest BCUT2D eigenvalue weighted by molar-refractivity contribution is 7.47. The maximum atomic E-state index is 13.1. The van der Waals surface area contributed by atoms with Gasteiger partial charge in [0.05, 0.1) is 26.4 Å². The minimum atomic E-state index is -4.96. The molecule has 0 bridgehead atoms. The van der Waals surface area contributed by atoms with E-state index in [1.165, 1.54) is 218 Å². The van der Waals surface area contributed by atoms with Gasteiger partial charge in [-0.3, -0.25) is 37.3 Å². The molecule has 0 amide bonds. The number of aliphatic hydroxyl groups is 1.